The second kappa shape index (κ2) is 7.27. The Bertz CT molecular complexity index is 422. The van der Waals surface area contributed by atoms with Gasteiger partial charge in [-0.05, 0) is 44.6 Å². The molecule has 1 saturated carbocycles. The summed E-state index contributed by atoms with van der Waals surface area (Å²) in [6, 6.07) is 3.87. The minimum absolute atomic E-state index is 0.333. The van der Waals surface area contributed by atoms with Crippen LogP contribution < -0.4 is 4.74 Å². The maximum Gasteiger partial charge on any atom is 0.213 e. The average Bonchev–Trinajstić information content (AvgIpc) is 2.48. The van der Waals surface area contributed by atoms with Gasteiger partial charge in [-0.2, -0.15) is 0 Å². The van der Waals surface area contributed by atoms with Gasteiger partial charge in [0, 0.05) is 19.7 Å². The number of rotatable bonds is 5. The van der Waals surface area contributed by atoms with Gasteiger partial charge in [-0.3, -0.25) is 0 Å². The highest BCUT2D eigenvalue weighted by molar-refractivity contribution is 5.60. The predicted molar refractivity (Wildman–Crippen MR) is 82.7 cm³/mol. The van der Waals surface area contributed by atoms with Crippen molar-refractivity contribution in [2.24, 2.45) is 10.9 Å². The number of aromatic nitrogens is 1. The first-order valence-electron chi connectivity index (χ1n) is 7.54. The third-order valence-electron chi connectivity index (χ3n) is 3.87. The van der Waals surface area contributed by atoms with E-state index in [2.05, 4.69) is 23.8 Å². The second-order valence-electron chi connectivity index (χ2n) is 5.67. The number of hydrogen-bond donors (Lipinski definition) is 0. The quantitative estimate of drug-likeness (QED) is 0.608. The largest absolute Gasteiger partial charge is 0.474 e. The van der Waals surface area contributed by atoms with Gasteiger partial charge in [0.1, 0.15) is 6.10 Å². The van der Waals surface area contributed by atoms with Crippen molar-refractivity contribution in [3.63, 3.8) is 0 Å². The van der Waals surface area contributed by atoms with E-state index in [1.807, 2.05) is 30.4 Å². The monoisotopic (exact) mass is 275 g/mol. The summed E-state index contributed by atoms with van der Waals surface area (Å²) < 4.78 is 5.93. The van der Waals surface area contributed by atoms with E-state index >= 15 is 0 Å². The van der Waals surface area contributed by atoms with Crippen LogP contribution >= 0.6 is 0 Å². The number of hydrogen-bond acceptors (Lipinski definition) is 3. The van der Waals surface area contributed by atoms with Crippen LogP contribution in [-0.2, 0) is 0 Å². The lowest BCUT2D eigenvalue weighted by molar-refractivity contribution is 0.130. The summed E-state index contributed by atoms with van der Waals surface area (Å²) in [4.78, 5) is 10.7. The summed E-state index contributed by atoms with van der Waals surface area (Å²) in [5.41, 5.74) is 0.856. The molecule has 0 amide bonds. The van der Waals surface area contributed by atoms with Crippen LogP contribution in [0.1, 0.15) is 39.5 Å². The molecule has 1 aliphatic carbocycles. The second-order valence-corrected chi connectivity index (χ2v) is 5.67. The van der Waals surface area contributed by atoms with Gasteiger partial charge >= 0.3 is 0 Å². The Labute approximate surface area is 121 Å². The molecule has 1 aliphatic rings. The van der Waals surface area contributed by atoms with E-state index in [1.165, 1.54) is 12.8 Å². The molecule has 0 saturated heterocycles. The van der Waals surface area contributed by atoms with Gasteiger partial charge in [0.2, 0.25) is 5.88 Å². The Morgan fingerprint density at radius 3 is 2.70 bits per heavy atom. The fraction of sp³-hybridized carbons (Fsp3) is 0.625. The maximum absolute atomic E-state index is 5.93. The van der Waals surface area contributed by atoms with Gasteiger partial charge in [0.25, 0.3) is 0 Å². The van der Waals surface area contributed by atoms with Gasteiger partial charge in [0.05, 0.1) is 18.2 Å². The van der Waals surface area contributed by atoms with Crippen molar-refractivity contribution >= 4 is 12.0 Å². The van der Waals surface area contributed by atoms with Crippen LogP contribution in [0.25, 0.3) is 0 Å². The standard InChI is InChI=1S/C16H25N3O/c1-4-19(3)12-18-14-7-10-16(17-11-14)20-15-8-5-13(2)6-9-15/h7,10-13,15H,4-6,8-9H2,1-3H3. The summed E-state index contributed by atoms with van der Waals surface area (Å²) in [5, 5.41) is 0. The lowest BCUT2D eigenvalue weighted by Crippen LogP contribution is -2.23. The molecule has 0 unspecified atom stereocenters. The molecule has 20 heavy (non-hydrogen) atoms. The molecular formula is C16H25N3O. The highest BCUT2D eigenvalue weighted by atomic mass is 16.5. The first-order valence-corrected chi connectivity index (χ1v) is 7.54. The number of aliphatic imine (C=N–C) groups is 1. The number of pyridine rings is 1. The topological polar surface area (TPSA) is 37.7 Å². The van der Waals surface area contributed by atoms with E-state index in [0.717, 1.165) is 31.0 Å². The lowest BCUT2D eigenvalue weighted by atomic mass is 9.89. The molecule has 110 valence electrons. The van der Waals surface area contributed by atoms with Crippen molar-refractivity contribution in [2.45, 2.75) is 45.6 Å². The van der Waals surface area contributed by atoms with Crippen LogP contribution in [-0.4, -0.2) is 35.9 Å². The molecule has 4 heteroatoms. The normalized spacial score (nSPS) is 22.9. The maximum atomic E-state index is 5.93. The molecule has 1 heterocycles. The molecule has 0 spiro atoms. The van der Waals surface area contributed by atoms with Crippen molar-refractivity contribution < 1.29 is 4.74 Å². The van der Waals surface area contributed by atoms with E-state index in [-0.39, 0.29) is 0 Å². The van der Waals surface area contributed by atoms with Crippen molar-refractivity contribution in [2.75, 3.05) is 13.6 Å². The lowest BCUT2D eigenvalue weighted by Gasteiger charge is -2.26. The molecule has 0 aliphatic heterocycles. The minimum atomic E-state index is 0.333. The van der Waals surface area contributed by atoms with Crippen molar-refractivity contribution in [1.82, 2.24) is 9.88 Å². The fourth-order valence-electron chi connectivity index (χ4n) is 2.28. The molecule has 0 bridgehead atoms. The van der Waals surface area contributed by atoms with E-state index < -0.39 is 0 Å². The molecule has 0 atom stereocenters. The zero-order valence-electron chi connectivity index (χ0n) is 12.7. The van der Waals surface area contributed by atoms with Crippen LogP contribution in [0.2, 0.25) is 0 Å². The van der Waals surface area contributed by atoms with E-state index in [9.17, 15) is 0 Å². The molecule has 1 aromatic heterocycles. The van der Waals surface area contributed by atoms with Crippen LogP contribution in [0.3, 0.4) is 0 Å². The van der Waals surface area contributed by atoms with Crippen molar-refractivity contribution in [3.8, 4) is 5.88 Å². The highest BCUT2D eigenvalue weighted by Gasteiger charge is 2.19. The molecular weight excluding hydrogens is 250 g/mol. The first kappa shape index (κ1) is 14.8. The van der Waals surface area contributed by atoms with Crippen LogP contribution in [0.15, 0.2) is 23.3 Å². The first-order chi connectivity index (χ1) is 9.67. The zero-order valence-corrected chi connectivity index (χ0v) is 12.7. The van der Waals surface area contributed by atoms with E-state index in [0.29, 0.717) is 12.0 Å². The van der Waals surface area contributed by atoms with E-state index in [1.54, 1.807) is 6.20 Å². The van der Waals surface area contributed by atoms with E-state index in [4.69, 9.17) is 4.74 Å². The van der Waals surface area contributed by atoms with Gasteiger partial charge in [0.15, 0.2) is 0 Å². The fourth-order valence-corrected chi connectivity index (χ4v) is 2.28. The molecule has 1 aromatic rings. The van der Waals surface area contributed by atoms with Crippen LogP contribution in [0.5, 0.6) is 5.88 Å². The summed E-state index contributed by atoms with van der Waals surface area (Å²) in [5.74, 6) is 1.56. The average molecular weight is 275 g/mol. The predicted octanol–water partition coefficient (Wildman–Crippen LogP) is 3.65. The Balaban J connectivity index is 1.86. The summed E-state index contributed by atoms with van der Waals surface area (Å²) >= 11 is 0. The molecule has 0 radical (unpaired) electrons. The Morgan fingerprint density at radius 2 is 2.10 bits per heavy atom. The van der Waals surface area contributed by atoms with Gasteiger partial charge in [-0.15, -0.1) is 0 Å². The minimum Gasteiger partial charge on any atom is -0.474 e. The molecule has 1 fully saturated rings. The Kier molecular flexibility index (Phi) is 5.39. The van der Waals surface area contributed by atoms with Gasteiger partial charge in [-0.1, -0.05) is 6.92 Å². The smallest absolute Gasteiger partial charge is 0.213 e. The summed E-state index contributed by atoms with van der Waals surface area (Å²) in [6.07, 6.45) is 8.72. The Morgan fingerprint density at radius 1 is 1.35 bits per heavy atom. The van der Waals surface area contributed by atoms with Gasteiger partial charge < -0.3 is 9.64 Å². The SMILES string of the molecule is CCN(C)C=Nc1ccc(OC2CCC(C)CC2)nc1. The Hall–Kier alpha value is -1.58. The third kappa shape index (κ3) is 4.51. The summed E-state index contributed by atoms with van der Waals surface area (Å²) in [6.45, 7) is 5.35. The molecule has 4 nitrogen and oxygen atoms in total. The third-order valence-corrected chi connectivity index (χ3v) is 3.87. The van der Waals surface area contributed by atoms with Crippen LogP contribution in [0.4, 0.5) is 5.69 Å². The van der Waals surface area contributed by atoms with Crippen molar-refractivity contribution in [1.29, 1.82) is 0 Å². The number of ether oxygens (including phenoxy) is 1. The zero-order chi connectivity index (χ0) is 14.4. The molecule has 0 N–H and O–H groups in total. The van der Waals surface area contributed by atoms with Crippen LogP contribution in [0, 0.1) is 5.92 Å². The summed E-state index contributed by atoms with van der Waals surface area (Å²) in [7, 11) is 2.00. The molecule has 2 rings (SSSR count). The molecule has 0 aromatic carbocycles. The number of nitrogens with zero attached hydrogens (tertiary/aromatic N) is 3. The highest BCUT2D eigenvalue weighted by Crippen LogP contribution is 2.26. The van der Waals surface area contributed by atoms with Crippen molar-refractivity contribution in [3.05, 3.63) is 18.3 Å². The van der Waals surface area contributed by atoms with Gasteiger partial charge in [-0.25, -0.2) is 9.98 Å².